The minimum absolute atomic E-state index is 0.737. The normalized spacial score (nSPS) is 37.2. The highest BCUT2D eigenvalue weighted by Crippen LogP contribution is 2.31. The molecule has 106 valence electrons. The summed E-state index contributed by atoms with van der Waals surface area (Å²) >= 11 is 0. The summed E-state index contributed by atoms with van der Waals surface area (Å²) in [7, 11) is 0. The largest absolute Gasteiger partial charge is 0.311 e. The predicted molar refractivity (Wildman–Crippen MR) is 79.8 cm³/mol. The third kappa shape index (κ3) is 3.98. The molecule has 3 unspecified atom stereocenters. The van der Waals surface area contributed by atoms with Crippen molar-refractivity contribution in [1.82, 2.24) is 5.32 Å². The Morgan fingerprint density at radius 1 is 0.889 bits per heavy atom. The molecule has 2 aliphatic carbocycles. The SMILES string of the molecule is CC1CCC(C)C(N[C@@H](C)C2CCCCCC2)C1. The molecule has 2 saturated carbocycles. The third-order valence-corrected chi connectivity index (χ3v) is 5.54. The van der Waals surface area contributed by atoms with E-state index in [1.807, 2.05) is 0 Å². The average molecular weight is 251 g/mol. The van der Waals surface area contributed by atoms with Crippen LogP contribution in [0.1, 0.15) is 78.6 Å². The van der Waals surface area contributed by atoms with Crippen LogP contribution in [0.25, 0.3) is 0 Å². The quantitative estimate of drug-likeness (QED) is 0.713. The molecule has 0 aromatic heterocycles. The standard InChI is InChI=1S/C17H33N/c1-13-10-11-14(2)17(12-13)18-15(3)16-8-6-4-5-7-9-16/h13-18H,4-12H2,1-3H3/t13?,14?,15-,17?/m0/s1. The molecular weight excluding hydrogens is 218 g/mol. The Balaban J connectivity index is 1.82. The van der Waals surface area contributed by atoms with E-state index in [0.717, 1.165) is 29.8 Å². The number of rotatable bonds is 3. The van der Waals surface area contributed by atoms with Crippen LogP contribution < -0.4 is 5.32 Å². The predicted octanol–water partition coefficient (Wildman–Crippen LogP) is 4.76. The van der Waals surface area contributed by atoms with Crippen molar-refractivity contribution in [2.45, 2.75) is 90.6 Å². The number of hydrogen-bond donors (Lipinski definition) is 1. The lowest BCUT2D eigenvalue weighted by Crippen LogP contribution is -2.46. The molecule has 2 aliphatic rings. The second-order valence-electron chi connectivity index (χ2n) is 7.21. The maximum Gasteiger partial charge on any atom is 0.00978 e. The van der Waals surface area contributed by atoms with Gasteiger partial charge in [0, 0.05) is 12.1 Å². The zero-order chi connectivity index (χ0) is 13.0. The second kappa shape index (κ2) is 6.93. The molecule has 0 aromatic carbocycles. The van der Waals surface area contributed by atoms with Crippen LogP contribution in [0.3, 0.4) is 0 Å². The first-order valence-electron chi connectivity index (χ1n) is 8.43. The van der Waals surface area contributed by atoms with Crippen LogP contribution >= 0.6 is 0 Å². The molecule has 2 rings (SSSR count). The number of hydrogen-bond acceptors (Lipinski definition) is 1. The van der Waals surface area contributed by atoms with Gasteiger partial charge < -0.3 is 5.32 Å². The van der Waals surface area contributed by atoms with Crippen LogP contribution in [0.5, 0.6) is 0 Å². The molecule has 0 amide bonds. The van der Waals surface area contributed by atoms with E-state index in [2.05, 4.69) is 26.1 Å². The van der Waals surface area contributed by atoms with Crippen molar-refractivity contribution < 1.29 is 0 Å². The molecule has 1 nitrogen and oxygen atoms in total. The molecule has 0 aromatic rings. The van der Waals surface area contributed by atoms with Crippen LogP contribution in [0.2, 0.25) is 0 Å². The van der Waals surface area contributed by atoms with E-state index < -0.39 is 0 Å². The molecular formula is C17H33N. The maximum absolute atomic E-state index is 4.00. The Bertz CT molecular complexity index is 230. The van der Waals surface area contributed by atoms with Gasteiger partial charge in [0.25, 0.3) is 0 Å². The van der Waals surface area contributed by atoms with Crippen LogP contribution in [-0.4, -0.2) is 12.1 Å². The van der Waals surface area contributed by atoms with Gasteiger partial charge in [0.15, 0.2) is 0 Å². The molecule has 1 N–H and O–H groups in total. The lowest BCUT2D eigenvalue weighted by molar-refractivity contribution is 0.193. The van der Waals surface area contributed by atoms with Crippen LogP contribution in [0.15, 0.2) is 0 Å². The van der Waals surface area contributed by atoms with Crippen LogP contribution in [0.4, 0.5) is 0 Å². The minimum Gasteiger partial charge on any atom is -0.311 e. The molecule has 0 saturated heterocycles. The van der Waals surface area contributed by atoms with Crippen molar-refractivity contribution in [2.24, 2.45) is 17.8 Å². The molecule has 0 heterocycles. The van der Waals surface area contributed by atoms with Crippen molar-refractivity contribution >= 4 is 0 Å². The Morgan fingerprint density at radius 2 is 1.56 bits per heavy atom. The molecule has 0 radical (unpaired) electrons. The van der Waals surface area contributed by atoms with Gasteiger partial charge in [-0.1, -0.05) is 46.0 Å². The average Bonchev–Trinajstić information content (AvgIpc) is 2.62. The smallest absolute Gasteiger partial charge is 0.00978 e. The first-order valence-corrected chi connectivity index (χ1v) is 8.43. The van der Waals surface area contributed by atoms with Crippen LogP contribution in [-0.2, 0) is 0 Å². The zero-order valence-corrected chi connectivity index (χ0v) is 12.8. The van der Waals surface area contributed by atoms with E-state index in [1.165, 1.54) is 57.8 Å². The molecule has 0 spiro atoms. The fraction of sp³-hybridized carbons (Fsp3) is 1.00. The van der Waals surface area contributed by atoms with E-state index in [0.29, 0.717) is 0 Å². The van der Waals surface area contributed by atoms with E-state index in [1.54, 1.807) is 0 Å². The summed E-state index contributed by atoms with van der Waals surface area (Å²) in [6, 6.07) is 1.52. The van der Waals surface area contributed by atoms with Crippen molar-refractivity contribution in [3.8, 4) is 0 Å². The van der Waals surface area contributed by atoms with E-state index in [4.69, 9.17) is 0 Å². The molecule has 0 bridgehead atoms. The van der Waals surface area contributed by atoms with Gasteiger partial charge >= 0.3 is 0 Å². The summed E-state index contributed by atoms with van der Waals surface area (Å²) in [4.78, 5) is 0. The lowest BCUT2D eigenvalue weighted by Gasteiger charge is -2.37. The van der Waals surface area contributed by atoms with Gasteiger partial charge in [0.05, 0.1) is 0 Å². The topological polar surface area (TPSA) is 12.0 Å². The molecule has 0 aliphatic heterocycles. The van der Waals surface area contributed by atoms with Gasteiger partial charge in [-0.3, -0.25) is 0 Å². The van der Waals surface area contributed by atoms with Gasteiger partial charge in [-0.15, -0.1) is 0 Å². The van der Waals surface area contributed by atoms with Gasteiger partial charge in [0.1, 0.15) is 0 Å². The highest BCUT2D eigenvalue weighted by Gasteiger charge is 2.28. The van der Waals surface area contributed by atoms with Crippen molar-refractivity contribution in [3.63, 3.8) is 0 Å². The lowest BCUT2D eigenvalue weighted by atomic mass is 9.79. The van der Waals surface area contributed by atoms with E-state index >= 15 is 0 Å². The van der Waals surface area contributed by atoms with Crippen LogP contribution in [0, 0.1) is 17.8 Å². The summed E-state index contributed by atoms with van der Waals surface area (Å²) in [6.07, 6.45) is 13.1. The van der Waals surface area contributed by atoms with Gasteiger partial charge in [-0.05, 0) is 50.4 Å². The molecule has 1 heteroatoms. The second-order valence-corrected chi connectivity index (χ2v) is 7.21. The van der Waals surface area contributed by atoms with Crippen molar-refractivity contribution in [3.05, 3.63) is 0 Å². The first kappa shape index (κ1) is 14.4. The van der Waals surface area contributed by atoms with E-state index in [-0.39, 0.29) is 0 Å². The third-order valence-electron chi connectivity index (χ3n) is 5.54. The molecule has 18 heavy (non-hydrogen) atoms. The number of nitrogens with one attached hydrogen (secondary N) is 1. The highest BCUT2D eigenvalue weighted by atomic mass is 15.0. The summed E-state index contributed by atoms with van der Waals surface area (Å²) in [6.45, 7) is 7.32. The highest BCUT2D eigenvalue weighted by molar-refractivity contribution is 4.85. The Kier molecular flexibility index (Phi) is 5.54. The van der Waals surface area contributed by atoms with E-state index in [9.17, 15) is 0 Å². The zero-order valence-electron chi connectivity index (χ0n) is 12.8. The van der Waals surface area contributed by atoms with Crippen molar-refractivity contribution in [2.75, 3.05) is 0 Å². The van der Waals surface area contributed by atoms with Gasteiger partial charge in [-0.2, -0.15) is 0 Å². The summed E-state index contributed by atoms with van der Waals surface area (Å²) in [5.74, 6) is 2.76. The molecule has 2 fully saturated rings. The summed E-state index contributed by atoms with van der Waals surface area (Å²) < 4.78 is 0. The first-order chi connectivity index (χ1) is 8.66. The Morgan fingerprint density at radius 3 is 2.22 bits per heavy atom. The minimum atomic E-state index is 0.737. The summed E-state index contributed by atoms with van der Waals surface area (Å²) in [5.41, 5.74) is 0. The van der Waals surface area contributed by atoms with Gasteiger partial charge in [0.2, 0.25) is 0 Å². The fourth-order valence-electron chi connectivity index (χ4n) is 4.05. The molecule has 4 atom stereocenters. The Labute approximate surface area is 114 Å². The fourth-order valence-corrected chi connectivity index (χ4v) is 4.05. The van der Waals surface area contributed by atoms with Crippen molar-refractivity contribution in [1.29, 1.82) is 0 Å². The summed E-state index contributed by atoms with van der Waals surface area (Å²) in [5, 5.41) is 4.00. The van der Waals surface area contributed by atoms with Gasteiger partial charge in [-0.25, -0.2) is 0 Å². The Hall–Kier alpha value is -0.0400. The maximum atomic E-state index is 4.00. The monoisotopic (exact) mass is 251 g/mol.